The lowest BCUT2D eigenvalue weighted by molar-refractivity contribution is -0.117. The van der Waals surface area contributed by atoms with Gasteiger partial charge in [-0.1, -0.05) is 30.3 Å². The maximum atomic E-state index is 13.2. The van der Waals surface area contributed by atoms with E-state index in [1.54, 1.807) is 47.4 Å². The summed E-state index contributed by atoms with van der Waals surface area (Å²) in [6.07, 6.45) is 0.865. The van der Waals surface area contributed by atoms with E-state index in [1.165, 1.54) is 11.1 Å². The lowest BCUT2D eigenvalue weighted by Gasteiger charge is -2.40. The Bertz CT molecular complexity index is 1110. The normalized spacial score (nSPS) is 17.2. The van der Waals surface area contributed by atoms with Crippen LogP contribution in [0, 0.1) is 0 Å². The molecule has 0 spiro atoms. The van der Waals surface area contributed by atoms with Gasteiger partial charge in [0.15, 0.2) is 0 Å². The number of rotatable bonds is 3. The van der Waals surface area contributed by atoms with Crippen LogP contribution >= 0.6 is 0 Å². The van der Waals surface area contributed by atoms with Gasteiger partial charge in [0.1, 0.15) is 18.5 Å². The maximum absolute atomic E-state index is 13.2. The van der Waals surface area contributed by atoms with Gasteiger partial charge < -0.3 is 10.2 Å². The summed E-state index contributed by atoms with van der Waals surface area (Å²) in [4.78, 5) is 41.8. The van der Waals surface area contributed by atoms with Crippen LogP contribution in [-0.2, 0) is 4.79 Å². The zero-order valence-electron chi connectivity index (χ0n) is 14.6. The minimum Gasteiger partial charge on any atom is -0.310 e. The van der Waals surface area contributed by atoms with E-state index in [1.807, 2.05) is 12.1 Å². The number of carbonyl (C=O) groups is 3. The largest absolute Gasteiger partial charge is 0.310 e. The molecule has 0 unspecified atom stereocenters. The number of anilines is 2. The molecule has 28 heavy (non-hydrogen) atoms. The third-order valence-electron chi connectivity index (χ3n) is 4.97. The van der Waals surface area contributed by atoms with E-state index in [0.29, 0.717) is 28.2 Å². The summed E-state index contributed by atoms with van der Waals surface area (Å²) in [5, 5.41) is 9.11. The number of aromatic amines is 1. The van der Waals surface area contributed by atoms with Gasteiger partial charge in [-0.25, -0.2) is 0 Å². The van der Waals surface area contributed by atoms with E-state index in [2.05, 4.69) is 15.5 Å². The van der Waals surface area contributed by atoms with Crippen LogP contribution < -0.4 is 10.2 Å². The molecule has 0 saturated heterocycles. The van der Waals surface area contributed by atoms with Crippen molar-refractivity contribution >= 4 is 29.2 Å². The quantitative estimate of drug-likeness (QED) is 0.735. The number of hydrogen-bond donors (Lipinski definition) is 2. The van der Waals surface area contributed by atoms with E-state index in [0.717, 1.165) is 0 Å². The van der Waals surface area contributed by atoms with Gasteiger partial charge in [-0.15, -0.1) is 0 Å². The molecule has 3 aromatic rings. The maximum Gasteiger partial charge on any atom is 0.260 e. The number of fused-ring (bicyclic) bond motifs is 5. The molecule has 0 saturated carbocycles. The Morgan fingerprint density at radius 1 is 1.00 bits per heavy atom. The number of amides is 3. The van der Waals surface area contributed by atoms with E-state index in [4.69, 9.17) is 0 Å². The lowest BCUT2D eigenvalue weighted by Crippen LogP contribution is -2.50. The number of H-pyrrole nitrogens is 1. The van der Waals surface area contributed by atoms with E-state index >= 15 is 0 Å². The summed E-state index contributed by atoms with van der Waals surface area (Å²) in [5.41, 5.74) is 2.21. The number of nitrogens with zero attached hydrogens (tertiary/aromatic N) is 3. The Balaban J connectivity index is 1.57. The van der Waals surface area contributed by atoms with Crippen LogP contribution in [-0.4, -0.2) is 39.4 Å². The zero-order chi connectivity index (χ0) is 19.3. The summed E-state index contributed by atoms with van der Waals surface area (Å²) < 4.78 is 0. The Kier molecular flexibility index (Phi) is 3.51. The molecule has 0 radical (unpaired) electrons. The topological polar surface area (TPSA) is 98.4 Å². The molecule has 1 aromatic heterocycles. The standard InChI is InChI=1S/C20H15N5O3/c26-17(22-16-9-10-21-23-16)11-24-18-12-5-1-2-6-13(12)20(28)25(18)15-8-4-3-7-14(15)19(24)27/h1-10,18H,11H2,(H2,21,22,23,26)/t18-/m1/s1. The highest BCUT2D eigenvalue weighted by Gasteiger charge is 2.48. The Labute approximate surface area is 159 Å². The van der Waals surface area contributed by atoms with Crippen molar-refractivity contribution in [2.24, 2.45) is 0 Å². The Hall–Kier alpha value is -3.94. The SMILES string of the molecule is O=C(CN1C(=O)c2ccccc2N2C(=O)c3ccccc3[C@H]12)Nc1ccn[nH]1. The van der Waals surface area contributed by atoms with Crippen molar-refractivity contribution in [2.45, 2.75) is 6.17 Å². The highest BCUT2D eigenvalue weighted by molar-refractivity contribution is 6.17. The van der Waals surface area contributed by atoms with Crippen molar-refractivity contribution in [2.75, 3.05) is 16.8 Å². The molecule has 0 fully saturated rings. The molecule has 2 N–H and O–H groups in total. The molecular formula is C20H15N5O3. The average molecular weight is 373 g/mol. The molecule has 2 aromatic carbocycles. The van der Waals surface area contributed by atoms with E-state index in [-0.39, 0.29) is 24.3 Å². The highest BCUT2D eigenvalue weighted by atomic mass is 16.2. The first-order valence-corrected chi connectivity index (χ1v) is 8.77. The monoisotopic (exact) mass is 373 g/mol. The highest BCUT2D eigenvalue weighted by Crippen LogP contribution is 2.44. The fourth-order valence-corrected chi connectivity index (χ4v) is 3.80. The van der Waals surface area contributed by atoms with Crippen LogP contribution in [0.5, 0.6) is 0 Å². The van der Waals surface area contributed by atoms with E-state index < -0.39 is 6.17 Å². The Morgan fingerprint density at radius 3 is 2.54 bits per heavy atom. The van der Waals surface area contributed by atoms with Gasteiger partial charge in [0.2, 0.25) is 5.91 Å². The van der Waals surface area contributed by atoms with Crippen molar-refractivity contribution in [1.29, 1.82) is 0 Å². The van der Waals surface area contributed by atoms with Gasteiger partial charge in [-0.2, -0.15) is 5.10 Å². The molecule has 2 aliphatic rings. The fraction of sp³-hybridized carbons (Fsp3) is 0.100. The van der Waals surface area contributed by atoms with Crippen LogP contribution in [0.25, 0.3) is 0 Å². The average Bonchev–Trinajstić information content (AvgIpc) is 3.32. The Morgan fingerprint density at radius 2 is 1.75 bits per heavy atom. The van der Waals surface area contributed by atoms with Crippen molar-refractivity contribution < 1.29 is 14.4 Å². The molecule has 1 atom stereocenters. The zero-order valence-corrected chi connectivity index (χ0v) is 14.6. The molecule has 3 amide bonds. The van der Waals surface area contributed by atoms with Crippen molar-refractivity contribution in [3.63, 3.8) is 0 Å². The van der Waals surface area contributed by atoms with Crippen LogP contribution in [0.15, 0.2) is 60.8 Å². The second kappa shape index (κ2) is 6.05. The van der Waals surface area contributed by atoms with Gasteiger partial charge in [-0.3, -0.25) is 24.4 Å². The minimum atomic E-state index is -0.654. The lowest BCUT2D eigenvalue weighted by atomic mass is 10.0. The van der Waals surface area contributed by atoms with Gasteiger partial charge >= 0.3 is 0 Å². The summed E-state index contributed by atoms with van der Waals surface area (Å²) >= 11 is 0. The van der Waals surface area contributed by atoms with Gasteiger partial charge in [0, 0.05) is 17.2 Å². The van der Waals surface area contributed by atoms with Crippen LogP contribution in [0.1, 0.15) is 32.4 Å². The smallest absolute Gasteiger partial charge is 0.260 e. The second-order valence-corrected chi connectivity index (χ2v) is 6.60. The first kappa shape index (κ1) is 16.2. The third-order valence-corrected chi connectivity index (χ3v) is 4.97. The van der Waals surface area contributed by atoms with Crippen LogP contribution in [0.4, 0.5) is 11.5 Å². The molecule has 2 aliphatic heterocycles. The molecule has 5 rings (SSSR count). The van der Waals surface area contributed by atoms with Gasteiger partial charge in [-0.05, 0) is 18.2 Å². The van der Waals surface area contributed by atoms with Gasteiger partial charge in [0.25, 0.3) is 11.8 Å². The van der Waals surface area contributed by atoms with Crippen LogP contribution in [0.3, 0.4) is 0 Å². The number of nitrogens with one attached hydrogen (secondary N) is 2. The number of carbonyl (C=O) groups excluding carboxylic acids is 3. The molecule has 0 aliphatic carbocycles. The number of hydrogen-bond acceptors (Lipinski definition) is 4. The number of para-hydroxylation sites is 1. The van der Waals surface area contributed by atoms with Crippen molar-refractivity contribution in [3.05, 3.63) is 77.5 Å². The summed E-state index contributed by atoms with van der Waals surface area (Å²) in [7, 11) is 0. The molecule has 138 valence electrons. The molecule has 0 bridgehead atoms. The molecular weight excluding hydrogens is 358 g/mol. The fourth-order valence-electron chi connectivity index (χ4n) is 3.80. The first-order chi connectivity index (χ1) is 13.6. The van der Waals surface area contributed by atoms with Crippen molar-refractivity contribution in [1.82, 2.24) is 15.1 Å². The number of aromatic nitrogens is 2. The summed E-state index contributed by atoms with van der Waals surface area (Å²) in [5.74, 6) is -0.413. The summed E-state index contributed by atoms with van der Waals surface area (Å²) in [6.45, 7) is -0.199. The predicted molar refractivity (Wildman–Crippen MR) is 101 cm³/mol. The predicted octanol–water partition coefficient (Wildman–Crippen LogP) is 2.16. The minimum absolute atomic E-state index is 0.181. The number of benzene rings is 2. The van der Waals surface area contributed by atoms with Gasteiger partial charge in [0.05, 0.1) is 17.4 Å². The summed E-state index contributed by atoms with van der Waals surface area (Å²) in [6, 6.07) is 15.8. The third kappa shape index (κ3) is 2.31. The van der Waals surface area contributed by atoms with Crippen LogP contribution in [0.2, 0.25) is 0 Å². The van der Waals surface area contributed by atoms with Crippen molar-refractivity contribution in [3.8, 4) is 0 Å². The molecule has 3 heterocycles. The molecule has 8 nitrogen and oxygen atoms in total. The van der Waals surface area contributed by atoms with E-state index in [9.17, 15) is 14.4 Å². The second-order valence-electron chi connectivity index (χ2n) is 6.60. The molecule has 8 heteroatoms. The first-order valence-electron chi connectivity index (χ1n) is 8.77.